The van der Waals surface area contributed by atoms with Crippen molar-refractivity contribution in [2.75, 3.05) is 0 Å². The summed E-state index contributed by atoms with van der Waals surface area (Å²) in [4.78, 5) is 24.2. The number of benzene rings is 1. The van der Waals surface area contributed by atoms with Crippen molar-refractivity contribution >= 4 is 11.8 Å². The maximum Gasteiger partial charge on any atom is 0.309 e. The van der Waals surface area contributed by atoms with E-state index in [1.54, 1.807) is 0 Å². The Morgan fingerprint density at radius 2 is 2.00 bits per heavy atom. The molecule has 4 N–H and O–H groups in total. The van der Waals surface area contributed by atoms with E-state index in [2.05, 4.69) is 10.6 Å². The number of amides is 2. The quantitative estimate of drug-likeness (QED) is 0.719. The number of rotatable bonds is 5. The van der Waals surface area contributed by atoms with Gasteiger partial charge in [-0.25, -0.2) is 0 Å². The molecule has 3 rings (SSSR count). The summed E-state index contributed by atoms with van der Waals surface area (Å²) >= 11 is 0. The van der Waals surface area contributed by atoms with E-state index in [1.165, 1.54) is 25.7 Å². The molecule has 2 aliphatic rings. The van der Waals surface area contributed by atoms with Crippen LogP contribution in [0.4, 0.5) is 0 Å². The first-order chi connectivity index (χ1) is 11.6. The lowest BCUT2D eigenvalue weighted by Gasteiger charge is -2.28. The second-order valence-electron chi connectivity index (χ2n) is 7.31. The molecule has 0 aromatic heterocycles. The Labute approximate surface area is 143 Å². The Hall–Kier alpha value is -1.88. The molecule has 5 heteroatoms. The normalized spacial score (nSPS) is 26.2. The lowest BCUT2D eigenvalue weighted by atomic mass is 9.84. The molecule has 1 aromatic rings. The van der Waals surface area contributed by atoms with Crippen molar-refractivity contribution in [3.63, 3.8) is 0 Å². The molecule has 4 atom stereocenters. The van der Waals surface area contributed by atoms with Crippen molar-refractivity contribution < 1.29 is 9.59 Å². The molecule has 0 heterocycles. The van der Waals surface area contributed by atoms with Gasteiger partial charge in [0, 0.05) is 19.1 Å². The Morgan fingerprint density at radius 3 is 2.67 bits per heavy atom. The average molecular weight is 329 g/mol. The Morgan fingerprint density at radius 1 is 1.21 bits per heavy atom. The van der Waals surface area contributed by atoms with Crippen LogP contribution in [0.5, 0.6) is 0 Å². The van der Waals surface area contributed by atoms with Crippen LogP contribution in [-0.4, -0.2) is 17.9 Å². The first kappa shape index (κ1) is 17.0. The lowest BCUT2D eigenvalue weighted by molar-refractivity contribution is -0.140. The van der Waals surface area contributed by atoms with Gasteiger partial charge in [-0.3, -0.25) is 9.59 Å². The fourth-order valence-corrected chi connectivity index (χ4v) is 4.41. The molecule has 4 unspecified atom stereocenters. The molecule has 2 bridgehead atoms. The summed E-state index contributed by atoms with van der Waals surface area (Å²) in [5.74, 6) is 1.00. The number of hydrogen-bond acceptors (Lipinski definition) is 3. The van der Waals surface area contributed by atoms with Crippen LogP contribution in [0.2, 0.25) is 0 Å². The molecular weight excluding hydrogens is 302 g/mol. The highest BCUT2D eigenvalue weighted by atomic mass is 16.2. The Bertz CT molecular complexity index is 616. The van der Waals surface area contributed by atoms with Crippen LogP contribution < -0.4 is 16.4 Å². The Balaban J connectivity index is 1.47. The van der Waals surface area contributed by atoms with Crippen molar-refractivity contribution in [3.8, 4) is 0 Å². The standard InChI is InChI=1S/C19H27N3O2/c1-12(17-9-13-5-6-16(17)8-13)22-19(24)18(23)21-11-15-4-2-3-14(7-15)10-20/h2-4,7,12-13,16-17H,5-6,8-11,20H2,1H3,(H,21,23)(H,22,24). The van der Waals surface area contributed by atoms with Crippen LogP contribution in [0.3, 0.4) is 0 Å². The first-order valence-electron chi connectivity index (χ1n) is 8.93. The highest BCUT2D eigenvalue weighted by molar-refractivity contribution is 6.35. The van der Waals surface area contributed by atoms with E-state index in [-0.39, 0.29) is 6.04 Å². The van der Waals surface area contributed by atoms with Gasteiger partial charge in [-0.2, -0.15) is 0 Å². The minimum Gasteiger partial charge on any atom is -0.345 e. The van der Waals surface area contributed by atoms with Gasteiger partial charge in [0.2, 0.25) is 0 Å². The van der Waals surface area contributed by atoms with Crippen LogP contribution in [0, 0.1) is 17.8 Å². The van der Waals surface area contributed by atoms with Crippen LogP contribution in [0.25, 0.3) is 0 Å². The molecule has 0 aliphatic heterocycles. The minimum atomic E-state index is -0.567. The molecule has 0 radical (unpaired) electrons. The summed E-state index contributed by atoms with van der Waals surface area (Å²) in [5.41, 5.74) is 7.57. The molecule has 1 aromatic carbocycles. The summed E-state index contributed by atoms with van der Waals surface area (Å²) in [6.45, 7) is 2.83. The summed E-state index contributed by atoms with van der Waals surface area (Å²) in [5, 5.41) is 5.58. The van der Waals surface area contributed by atoms with Crippen LogP contribution in [-0.2, 0) is 22.7 Å². The van der Waals surface area contributed by atoms with Crippen LogP contribution >= 0.6 is 0 Å². The van der Waals surface area contributed by atoms with Gasteiger partial charge >= 0.3 is 11.8 Å². The van der Waals surface area contributed by atoms with Crippen molar-refractivity contribution in [2.45, 2.75) is 51.7 Å². The lowest BCUT2D eigenvalue weighted by Crippen LogP contribution is -2.46. The first-order valence-corrected chi connectivity index (χ1v) is 8.93. The maximum atomic E-state index is 12.1. The molecule has 24 heavy (non-hydrogen) atoms. The third kappa shape index (κ3) is 3.78. The van der Waals surface area contributed by atoms with Gasteiger partial charge in [0.25, 0.3) is 0 Å². The summed E-state index contributed by atoms with van der Waals surface area (Å²) in [7, 11) is 0. The van der Waals surface area contributed by atoms with E-state index in [4.69, 9.17) is 5.73 Å². The third-order valence-electron chi connectivity index (χ3n) is 5.68. The molecule has 0 saturated heterocycles. The van der Waals surface area contributed by atoms with Crippen molar-refractivity contribution in [1.82, 2.24) is 10.6 Å². The van der Waals surface area contributed by atoms with Gasteiger partial charge in [0.1, 0.15) is 0 Å². The predicted molar refractivity (Wildman–Crippen MR) is 92.7 cm³/mol. The smallest absolute Gasteiger partial charge is 0.309 e. The zero-order valence-corrected chi connectivity index (χ0v) is 14.3. The molecular formula is C19H27N3O2. The fourth-order valence-electron chi connectivity index (χ4n) is 4.41. The average Bonchev–Trinajstić information content (AvgIpc) is 3.23. The molecule has 130 valence electrons. The van der Waals surface area contributed by atoms with Crippen molar-refractivity contribution in [2.24, 2.45) is 23.5 Å². The van der Waals surface area contributed by atoms with Gasteiger partial charge in [-0.15, -0.1) is 0 Å². The van der Waals surface area contributed by atoms with Gasteiger partial charge < -0.3 is 16.4 Å². The molecule has 5 nitrogen and oxygen atoms in total. The van der Waals surface area contributed by atoms with Crippen LogP contribution in [0.15, 0.2) is 24.3 Å². The van der Waals surface area contributed by atoms with Gasteiger partial charge in [0.05, 0.1) is 0 Å². The van der Waals surface area contributed by atoms with Crippen molar-refractivity contribution in [1.29, 1.82) is 0 Å². The predicted octanol–water partition coefficient (Wildman–Crippen LogP) is 1.70. The molecule has 2 saturated carbocycles. The SMILES string of the molecule is CC(NC(=O)C(=O)NCc1cccc(CN)c1)C1CC2CCC1C2. The number of hydrogen-bond donors (Lipinski definition) is 3. The Kier molecular flexibility index (Phi) is 5.19. The van der Waals surface area contributed by atoms with Gasteiger partial charge in [-0.1, -0.05) is 30.7 Å². The zero-order chi connectivity index (χ0) is 17.1. The monoisotopic (exact) mass is 329 g/mol. The molecule has 2 amide bonds. The van der Waals surface area contributed by atoms with Gasteiger partial charge in [0.15, 0.2) is 0 Å². The molecule has 2 fully saturated rings. The van der Waals surface area contributed by atoms with E-state index in [0.29, 0.717) is 19.0 Å². The zero-order valence-electron chi connectivity index (χ0n) is 14.3. The maximum absolute atomic E-state index is 12.1. The van der Waals surface area contributed by atoms with E-state index in [9.17, 15) is 9.59 Å². The number of fused-ring (bicyclic) bond motifs is 2. The van der Waals surface area contributed by atoms with Gasteiger partial charge in [-0.05, 0) is 55.1 Å². The van der Waals surface area contributed by atoms with E-state index in [1.807, 2.05) is 31.2 Å². The topological polar surface area (TPSA) is 84.2 Å². The minimum absolute atomic E-state index is 0.0686. The van der Waals surface area contributed by atoms with E-state index < -0.39 is 11.8 Å². The molecule has 2 aliphatic carbocycles. The van der Waals surface area contributed by atoms with Crippen molar-refractivity contribution in [3.05, 3.63) is 35.4 Å². The highest BCUT2D eigenvalue weighted by Gasteiger charge is 2.42. The summed E-state index contributed by atoms with van der Waals surface area (Å²) < 4.78 is 0. The fraction of sp³-hybridized carbons (Fsp3) is 0.579. The second kappa shape index (κ2) is 7.34. The number of carbonyl (C=O) groups is 2. The van der Waals surface area contributed by atoms with Crippen LogP contribution in [0.1, 0.15) is 43.7 Å². The number of nitrogens with two attached hydrogens (primary N) is 1. The van der Waals surface area contributed by atoms with E-state index in [0.717, 1.165) is 23.0 Å². The number of nitrogens with one attached hydrogen (secondary N) is 2. The third-order valence-corrected chi connectivity index (χ3v) is 5.68. The summed E-state index contributed by atoms with van der Waals surface area (Å²) in [6, 6.07) is 7.76. The number of carbonyl (C=O) groups excluding carboxylic acids is 2. The largest absolute Gasteiger partial charge is 0.345 e. The molecule has 0 spiro atoms. The summed E-state index contributed by atoms with van der Waals surface area (Å²) in [6.07, 6.45) is 5.11. The highest BCUT2D eigenvalue weighted by Crippen LogP contribution is 2.49. The van der Waals surface area contributed by atoms with E-state index >= 15 is 0 Å². The second-order valence-corrected chi connectivity index (χ2v) is 7.31.